The van der Waals surface area contributed by atoms with Crippen LogP contribution >= 0.6 is 0 Å². The second-order valence-electron chi connectivity index (χ2n) is 5.88. The minimum absolute atomic E-state index is 0.113. The van der Waals surface area contributed by atoms with E-state index >= 15 is 0 Å². The molecule has 0 aliphatic rings. The van der Waals surface area contributed by atoms with Crippen LogP contribution < -0.4 is 10.1 Å². The van der Waals surface area contributed by atoms with Crippen molar-refractivity contribution in [1.82, 2.24) is 4.98 Å². The Morgan fingerprint density at radius 3 is 2.62 bits per heavy atom. The van der Waals surface area contributed by atoms with E-state index in [9.17, 15) is 0 Å². The molecule has 0 unspecified atom stereocenters. The fraction of sp³-hybridized carbons (Fsp3) is 0.294. The Bertz CT molecular complexity index is 644. The predicted molar refractivity (Wildman–Crippen MR) is 86.5 cm³/mol. The van der Waals surface area contributed by atoms with E-state index in [0.29, 0.717) is 5.71 Å². The molecule has 0 amide bonds. The van der Waals surface area contributed by atoms with Crippen LogP contribution in [0, 0.1) is 5.41 Å². The van der Waals surface area contributed by atoms with Gasteiger partial charge in [-0.15, -0.1) is 0 Å². The van der Waals surface area contributed by atoms with Gasteiger partial charge in [0.05, 0.1) is 12.8 Å². The van der Waals surface area contributed by atoms with Crippen molar-refractivity contribution in [3.63, 3.8) is 0 Å². The van der Waals surface area contributed by atoms with Gasteiger partial charge in [-0.25, -0.2) is 4.98 Å². The van der Waals surface area contributed by atoms with Crippen molar-refractivity contribution >= 4 is 11.5 Å². The van der Waals surface area contributed by atoms with Gasteiger partial charge in [0.2, 0.25) is 0 Å². The van der Waals surface area contributed by atoms with Crippen LogP contribution in [-0.2, 0) is 0 Å². The first-order chi connectivity index (χ1) is 9.90. The molecule has 4 heteroatoms. The maximum atomic E-state index is 8.46. The van der Waals surface area contributed by atoms with E-state index in [0.717, 1.165) is 22.7 Å². The number of ether oxygens (including phenoxy) is 1. The van der Waals surface area contributed by atoms with Crippen LogP contribution in [0.3, 0.4) is 0 Å². The van der Waals surface area contributed by atoms with Gasteiger partial charge >= 0.3 is 0 Å². The average molecular weight is 283 g/mol. The molecule has 2 rings (SSSR count). The topological polar surface area (TPSA) is 58.0 Å². The van der Waals surface area contributed by atoms with Crippen molar-refractivity contribution in [2.24, 2.45) is 0 Å². The molecule has 0 aliphatic carbocycles. The number of rotatable bonds is 4. The van der Waals surface area contributed by atoms with E-state index in [1.54, 1.807) is 13.3 Å². The van der Waals surface area contributed by atoms with Gasteiger partial charge in [-0.3, -0.25) is 5.41 Å². The zero-order valence-corrected chi connectivity index (χ0v) is 12.9. The maximum absolute atomic E-state index is 8.46. The molecule has 2 N–H and O–H groups in total. The summed E-state index contributed by atoms with van der Waals surface area (Å²) in [6.45, 7) is 6.21. The first kappa shape index (κ1) is 15.0. The Labute approximate surface area is 125 Å². The number of benzene rings is 1. The molecule has 110 valence electrons. The fourth-order valence-electron chi connectivity index (χ4n) is 2.00. The van der Waals surface area contributed by atoms with E-state index in [4.69, 9.17) is 10.1 Å². The number of hydrogen-bond acceptors (Lipinski definition) is 4. The minimum Gasteiger partial charge on any atom is -0.497 e. The van der Waals surface area contributed by atoms with Gasteiger partial charge in [0.1, 0.15) is 11.6 Å². The molecular formula is C17H21N3O. The standard InChI is InChI=1S/C17H21N3O/c1-17(2,3)20-16-14(9-6-10-19-16)15(18)12-7-5-8-13(11-12)21-4/h5-11,18H,1-4H3,(H,19,20). The SMILES string of the molecule is COc1cccc(C(=N)c2cccnc2NC(C)(C)C)c1. The highest BCUT2D eigenvalue weighted by Crippen LogP contribution is 2.22. The lowest BCUT2D eigenvalue weighted by Crippen LogP contribution is -2.28. The molecule has 0 saturated heterocycles. The quantitative estimate of drug-likeness (QED) is 0.841. The molecule has 0 saturated carbocycles. The molecule has 0 bridgehead atoms. The number of methoxy groups -OCH3 is 1. The molecule has 1 heterocycles. The zero-order valence-electron chi connectivity index (χ0n) is 12.9. The Hall–Kier alpha value is -2.36. The van der Waals surface area contributed by atoms with Gasteiger partial charge < -0.3 is 10.1 Å². The third kappa shape index (κ3) is 3.81. The van der Waals surface area contributed by atoms with Crippen LogP contribution in [-0.4, -0.2) is 23.3 Å². The zero-order chi connectivity index (χ0) is 15.5. The summed E-state index contributed by atoms with van der Waals surface area (Å²) < 4.78 is 5.22. The van der Waals surface area contributed by atoms with E-state index in [1.165, 1.54) is 0 Å². The molecule has 4 nitrogen and oxygen atoms in total. The van der Waals surface area contributed by atoms with Crippen molar-refractivity contribution in [2.45, 2.75) is 26.3 Å². The second kappa shape index (κ2) is 5.95. The van der Waals surface area contributed by atoms with Crippen molar-refractivity contribution in [3.8, 4) is 5.75 Å². The summed E-state index contributed by atoms with van der Waals surface area (Å²) in [6.07, 6.45) is 1.73. The summed E-state index contributed by atoms with van der Waals surface area (Å²) >= 11 is 0. The van der Waals surface area contributed by atoms with E-state index in [-0.39, 0.29) is 5.54 Å². The number of nitrogens with zero attached hydrogens (tertiary/aromatic N) is 1. The molecule has 1 aromatic heterocycles. The average Bonchev–Trinajstić information content (AvgIpc) is 2.45. The van der Waals surface area contributed by atoms with Gasteiger partial charge in [0.25, 0.3) is 0 Å². The summed E-state index contributed by atoms with van der Waals surface area (Å²) in [5, 5.41) is 11.8. The molecule has 0 aliphatic heterocycles. The largest absolute Gasteiger partial charge is 0.497 e. The van der Waals surface area contributed by atoms with Gasteiger partial charge in [-0.05, 0) is 45.0 Å². The smallest absolute Gasteiger partial charge is 0.135 e. The predicted octanol–water partition coefficient (Wildman–Crippen LogP) is 3.72. The van der Waals surface area contributed by atoms with Gasteiger partial charge in [-0.2, -0.15) is 0 Å². The summed E-state index contributed by atoms with van der Waals surface area (Å²) in [5.74, 6) is 1.46. The molecule has 2 aromatic rings. The minimum atomic E-state index is -0.113. The third-order valence-electron chi connectivity index (χ3n) is 2.93. The number of pyridine rings is 1. The Morgan fingerprint density at radius 1 is 1.19 bits per heavy atom. The highest BCUT2D eigenvalue weighted by Gasteiger charge is 2.16. The van der Waals surface area contributed by atoms with E-state index in [2.05, 4.69) is 31.1 Å². The van der Waals surface area contributed by atoms with Crippen molar-refractivity contribution < 1.29 is 4.74 Å². The molecule has 0 spiro atoms. The highest BCUT2D eigenvalue weighted by molar-refractivity contribution is 6.13. The Kier molecular flexibility index (Phi) is 4.26. The lowest BCUT2D eigenvalue weighted by molar-refractivity contribution is 0.414. The summed E-state index contributed by atoms with van der Waals surface area (Å²) in [6, 6.07) is 11.3. The van der Waals surface area contributed by atoms with Gasteiger partial charge in [0.15, 0.2) is 0 Å². The third-order valence-corrected chi connectivity index (χ3v) is 2.93. The molecule has 0 fully saturated rings. The van der Waals surface area contributed by atoms with E-state index in [1.807, 2.05) is 36.4 Å². The number of anilines is 1. The first-order valence-electron chi connectivity index (χ1n) is 6.87. The normalized spacial score (nSPS) is 11.0. The van der Waals surface area contributed by atoms with Crippen molar-refractivity contribution in [3.05, 3.63) is 53.7 Å². The van der Waals surface area contributed by atoms with Crippen LogP contribution in [0.2, 0.25) is 0 Å². The number of nitrogens with one attached hydrogen (secondary N) is 2. The maximum Gasteiger partial charge on any atom is 0.135 e. The Balaban J connectivity index is 2.39. The van der Waals surface area contributed by atoms with E-state index < -0.39 is 0 Å². The van der Waals surface area contributed by atoms with Crippen molar-refractivity contribution in [2.75, 3.05) is 12.4 Å². The lowest BCUT2D eigenvalue weighted by atomic mass is 10.0. The monoisotopic (exact) mass is 283 g/mol. The van der Waals surface area contributed by atoms with Crippen LogP contribution in [0.25, 0.3) is 0 Å². The first-order valence-corrected chi connectivity index (χ1v) is 6.87. The Morgan fingerprint density at radius 2 is 1.95 bits per heavy atom. The molecule has 1 aromatic carbocycles. The molecule has 21 heavy (non-hydrogen) atoms. The van der Waals surface area contributed by atoms with Gasteiger partial charge in [-0.1, -0.05) is 12.1 Å². The van der Waals surface area contributed by atoms with Gasteiger partial charge in [0, 0.05) is 22.9 Å². The molecule has 0 atom stereocenters. The number of hydrogen-bond donors (Lipinski definition) is 2. The van der Waals surface area contributed by atoms with Crippen LogP contribution in [0.5, 0.6) is 5.75 Å². The second-order valence-corrected chi connectivity index (χ2v) is 5.88. The van der Waals surface area contributed by atoms with Crippen LogP contribution in [0.1, 0.15) is 31.9 Å². The fourth-order valence-corrected chi connectivity index (χ4v) is 2.00. The highest BCUT2D eigenvalue weighted by atomic mass is 16.5. The van der Waals surface area contributed by atoms with Crippen molar-refractivity contribution in [1.29, 1.82) is 5.41 Å². The lowest BCUT2D eigenvalue weighted by Gasteiger charge is -2.23. The number of aromatic nitrogens is 1. The van der Waals surface area contributed by atoms with Crippen LogP contribution in [0.15, 0.2) is 42.6 Å². The molecule has 0 radical (unpaired) electrons. The van der Waals surface area contributed by atoms with Crippen LogP contribution in [0.4, 0.5) is 5.82 Å². The summed E-state index contributed by atoms with van der Waals surface area (Å²) in [4.78, 5) is 4.37. The summed E-state index contributed by atoms with van der Waals surface area (Å²) in [5.41, 5.74) is 1.89. The molecular weight excluding hydrogens is 262 g/mol. The summed E-state index contributed by atoms with van der Waals surface area (Å²) in [7, 11) is 1.62.